The molecule has 0 rings (SSSR count). The molecule has 3 N–H and O–H groups in total. The molecular formula is C26H50N2O3. The molecule has 0 saturated heterocycles. The van der Waals surface area contributed by atoms with Crippen molar-refractivity contribution in [2.24, 2.45) is 0 Å². The second-order valence-corrected chi connectivity index (χ2v) is 8.75. The molecule has 0 heterocycles. The number of nitrogens with one attached hydrogen (secondary N) is 2. The standard InChI is InChI=1S/C26H50N2O3/c1-3-4-5-6-7-8-9-10-11-12-13-14-15-16-17-19-25(30)20-18-22-28-26(31)21-23-27-24(2)29/h10-11,25,30H,3-9,12-23H2,1-2H3,(H,27,29)(H,28,31). The SMILES string of the molecule is CCCCCCCCC=CCCCCCCCC(O)CCCNC(=O)CCNC(C)=O. The highest BCUT2D eigenvalue weighted by molar-refractivity contribution is 5.77. The second-order valence-electron chi connectivity index (χ2n) is 8.75. The van der Waals surface area contributed by atoms with Gasteiger partial charge in [0.2, 0.25) is 11.8 Å². The lowest BCUT2D eigenvalue weighted by Crippen LogP contribution is -2.30. The van der Waals surface area contributed by atoms with Crippen LogP contribution in [0.4, 0.5) is 0 Å². The average molecular weight is 439 g/mol. The zero-order valence-electron chi connectivity index (χ0n) is 20.4. The minimum absolute atomic E-state index is 0.0551. The van der Waals surface area contributed by atoms with Gasteiger partial charge in [-0.1, -0.05) is 76.9 Å². The molecule has 0 aromatic heterocycles. The van der Waals surface area contributed by atoms with E-state index < -0.39 is 0 Å². The zero-order valence-corrected chi connectivity index (χ0v) is 20.4. The molecule has 1 atom stereocenters. The summed E-state index contributed by atoms with van der Waals surface area (Å²) < 4.78 is 0. The van der Waals surface area contributed by atoms with Crippen molar-refractivity contribution in [3.05, 3.63) is 12.2 Å². The summed E-state index contributed by atoms with van der Waals surface area (Å²) in [5.41, 5.74) is 0. The summed E-state index contributed by atoms with van der Waals surface area (Å²) in [7, 11) is 0. The Morgan fingerprint density at radius 2 is 1.29 bits per heavy atom. The van der Waals surface area contributed by atoms with E-state index in [2.05, 4.69) is 29.7 Å². The normalized spacial score (nSPS) is 12.2. The fourth-order valence-corrected chi connectivity index (χ4v) is 3.60. The quantitative estimate of drug-likeness (QED) is 0.147. The van der Waals surface area contributed by atoms with Gasteiger partial charge in [0.1, 0.15) is 0 Å². The van der Waals surface area contributed by atoms with Crippen LogP contribution in [0.3, 0.4) is 0 Å². The predicted molar refractivity (Wildman–Crippen MR) is 131 cm³/mol. The molecule has 0 bridgehead atoms. The van der Waals surface area contributed by atoms with Crippen molar-refractivity contribution >= 4 is 11.8 Å². The fourth-order valence-electron chi connectivity index (χ4n) is 3.60. The average Bonchev–Trinajstić information content (AvgIpc) is 2.73. The molecular weight excluding hydrogens is 388 g/mol. The Kier molecular flexibility index (Phi) is 22.3. The van der Waals surface area contributed by atoms with Crippen LogP contribution < -0.4 is 10.6 Å². The molecule has 1 unspecified atom stereocenters. The van der Waals surface area contributed by atoms with Gasteiger partial charge >= 0.3 is 0 Å². The summed E-state index contributed by atoms with van der Waals surface area (Å²) in [5.74, 6) is -0.174. The molecule has 0 spiro atoms. The Hall–Kier alpha value is -1.36. The van der Waals surface area contributed by atoms with Gasteiger partial charge in [-0.05, 0) is 44.9 Å². The van der Waals surface area contributed by atoms with E-state index in [0.29, 0.717) is 19.5 Å². The van der Waals surface area contributed by atoms with Crippen LogP contribution in [-0.2, 0) is 9.59 Å². The van der Waals surface area contributed by atoms with Crippen molar-refractivity contribution in [3.63, 3.8) is 0 Å². The predicted octanol–water partition coefficient (Wildman–Crippen LogP) is 5.81. The molecule has 182 valence electrons. The molecule has 5 heteroatoms. The first-order valence-corrected chi connectivity index (χ1v) is 12.9. The van der Waals surface area contributed by atoms with Gasteiger partial charge in [-0.15, -0.1) is 0 Å². The van der Waals surface area contributed by atoms with Crippen molar-refractivity contribution in [3.8, 4) is 0 Å². The molecule has 0 fully saturated rings. The number of allylic oxidation sites excluding steroid dienone is 2. The van der Waals surface area contributed by atoms with E-state index in [9.17, 15) is 14.7 Å². The number of aliphatic hydroxyl groups excluding tert-OH is 1. The first kappa shape index (κ1) is 29.6. The molecule has 0 saturated carbocycles. The van der Waals surface area contributed by atoms with Crippen LogP contribution >= 0.6 is 0 Å². The number of rotatable bonds is 22. The Morgan fingerprint density at radius 1 is 0.742 bits per heavy atom. The van der Waals surface area contributed by atoms with Crippen molar-refractivity contribution in [1.82, 2.24) is 10.6 Å². The molecule has 2 amide bonds. The molecule has 0 aliphatic carbocycles. The number of hydrogen-bond acceptors (Lipinski definition) is 3. The Labute approximate surface area is 191 Å². The maximum atomic E-state index is 11.6. The third-order valence-electron chi connectivity index (χ3n) is 5.56. The lowest BCUT2D eigenvalue weighted by Gasteiger charge is -2.11. The highest BCUT2D eigenvalue weighted by atomic mass is 16.3. The van der Waals surface area contributed by atoms with E-state index in [4.69, 9.17) is 0 Å². The summed E-state index contributed by atoms with van der Waals surface area (Å²) in [6.45, 7) is 4.66. The first-order valence-electron chi connectivity index (χ1n) is 12.9. The minimum Gasteiger partial charge on any atom is -0.393 e. The van der Waals surface area contributed by atoms with Crippen molar-refractivity contribution in [2.45, 2.75) is 129 Å². The first-order chi connectivity index (χ1) is 15.1. The summed E-state index contributed by atoms with van der Waals surface area (Å²) in [6, 6.07) is 0. The Bertz CT molecular complexity index is 452. The van der Waals surface area contributed by atoms with E-state index in [0.717, 1.165) is 25.7 Å². The maximum absolute atomic E-state index is 11.6. The molecule has 0 aromatic carbocycles. The van der Waals surface area contributed by atoms with Gasteiger partial charge < -0.3 is 15.7 Å². The van der Waals surface area contributed by atoms with Gasteiger partial charge in [-0.3, -0.25) is 9.59 Å². The molecule has 0 aliphatic rings. The Morgan fingerprint density at radius 3 is 1.90 bits per heavy atom. The van der Waals surface area contributed by atoms with Crippen LogP contribution in [0.1, 0.15) is 123 Å². The number of carbonyl (C=O) groups excluding carboxylic acids is 2. The van der Waals surface area contributed by atoms with E-state index in [1.165, 1.54) is 84.0 Å². The number of aliphatic hydroxyl groups is 1. The molecule has 0 radical (unpaired) electrons. The van der Waals surface area contributed by atoms with Crippen molar-refractivity contribution in [2.75, 3.05) is 13.1 Å². The summed E-state index contributed by atoms with van der Waals surface area (Å²) in [4.78, 5) is 22.3. The van der Waals surface area contributed by atoms with Gasteiger partial charge in [0.15, 0.2) is 0 Å². The summed E-state index contributed by atoms with van der Waals surface area (Å²) in [5, 5.41) is 15.5. The molecule has 31 heavy (non-hydrogen) atoms. The van der Waals surface area contributed by atoms with E-state index >= 15 is 0 Å². The number of unbranched alkanes of at least 4 members (excludes halogenated alkanes) is 11. The van der Waals surface area contributed by atoms with Crippen LogP contribution in [0.2, 0.25) is 0 Å². The van der Waals surface area contributed by atoms with Gasteiger partial charge in [0, 0.05) is 26.4 Å². The largest absolute Gasteiger partial charge is 0.393 e. The molecule has 5 nitrogen and oxygen atoms in total. The summed E-state index contributed by atoms with van der Waals surface area (Å²) >= 11 is 0. The Balaban J connectivity index is 3.32. The van der Waals surface area contributed by atoms with Crippen LogP contribution in [0.5, 0.6) is 0 Å². The molecule has 0 aliphatic heterocycles. The number of carbonyl (C=O) groups is 2. The highest BCUT2D eigenvalue weighted by Gasteiger charge is 2.05. The summed E-state index contributed by atoms with van der Waals surface area (Å²) in [6.07, 6.45) is 23.9. The molecule has 0 aromatic rings. The smallest absolute Gasteiger partial charge is 0.221 e. The van der Waals surface area contributed by atoms with Crippen LogP contribution in [0, 0.1) is 0 Å². The topological polar surface area (TPSA) is 78.4 Å². The van der Waals surface area contributed by atoms with Gasteiger partial charge in [0.25, 0.3) is 0 Å². The van der Waals surface area contributed by atoms with Gasteiger partial charge in [-0.25, -0.2) is 0 Å². The van der Waals surface area contributed by atoms with E-state index in [1.807, 2.05) is 0 Å². The third-order valence-corrected chi connectivity index (χ3v) is 5.56. The highest BCUT2D eigenvalue weighted by Crippen LogP contribution is 2.12. The van der Waals surface area contributed by atoms with Crippen LogP contribution in [-0.4, -0.2) is 36.1 Å². The lowest BCUT2D eigenvalue weighted by atomic mass is 10.0. The lowest BCUT2D eigenvalue weighted by molar-refractivity contribution is -0.121. The van der Waals surface area contributed by atoms with Crippen molar-refractivity contribution in [1.29, 1.82) is 0 Å². The van der Waals surface area contributed by atoms with E-state index in [1.54, 1.807) is 0 Å². The monoisotopic (exact) mass is 438 g/mol. The van der Waals surface area contributed by atoms with Gasteiger partial charge in [0.05, 0.1) is 6.10 Å². The minimum atomic E-state index is -0.263. The number of amides is 2. The third kappa shape index (κ3) is 24.8. The zero-order chi connectivity index (χ0) is 23.0. The maximum Gasteiger partial charge on any atom is 0.221 e. The fraction of sp³-hybridized carbons (Fsp3) is 0.846. The van der Waals surface area contributed by atoms with Gasteiger partial charge in [-0.2, -0.15) is 0 Å². The van der Waals surface area contributed by atoms with Crippen molar-refractivity contribution < 1.29 is 14.7 Å². The van der Waals surface area contributed by atoms with Crippen LogP contribution in [0.15, 0.2) is 12.2 Å². The van der Waals surface area contributed by atoms with E-state index in [-0.39, 0.29) is 17.9 Å². The number of hydrogen-bond donors (Lipinski definition) is 3. The van der Waals surface area contributed by atoms with Crippen LogP contribution in [0.25, 0.3) is 0 Å². The second kappa shape index (κ2) is 23.3.